The van der Waals surface area contributed by atoms with Crippen LogP contribution in [-0.2, 0) is 4.79 Å². The van der Waals surface area contributed by atoms with E-state index < -0.39 is 23.8 Å². The maximum Gasteiger partial charge on any atom is 0.309 e. The van der Waals surface area contributed by atoms with Gasteiger partial charge in [0.15, 0.2) is 5.82 Å². The Bertz CT molecular complexity index is 1570. The number of aryl methyl sites for hydroxylation is 2. The second-order valence-corrected chi connectivity index (χ2v) is 10.3. The van der Waals surface area contributed by atoms with Crippen LogP contribution in [0.3, 0.4) is 0 Å². The lowest BCUT2D eigenvalue weighted by molar-refractivity contribution is -0.142. The third kappa shape index (κ3) is 4.13. The van der Waals surface area contributed by atoms with E-state index in [0.29, 0.717) is 23.6 Å². The Morgan fingerprint density at radius 2 is 1.78 bits per heavy atom. The molecule has 10 heteroatoms. The highest BCUT2D eigenvalue weighted by atomic mass is 32.1. The van der Waals surface area contributed by atoms with Crippen molar-refractivity contribution < 1.29 is 14.7 Å². The molecule has 1 unspecified atom stereocenters. The molecule has 2 atom stereocenters. The van der Waals surface area contributed by atoms with E-state index in [1.165, 1.54) is 6.20 Å². The van der Waals surface area contributed by atoms with Gasteiger partial charge in [0.2, 0.25) is 5.91 Å². The molecule has 4 heterocycles. The van der Waals surface area contributed by atoms with E-state index in [-0.39, 0.29) is 0 Å². The van der Waals surface area contributed by atoms with Crippen LogP contribution in [0.1, 0.15) is 63.0 Å². The standard InChI is InChI=1S/C27H26N6O3S/c1-5-20(27(35)36)23-25-32-31-15(4)33(25)26-21(13(2)14(3)37-26)22(30-23)17-8-6-16(7-9-17)18-10-19(24(28)34)12-29-11-18/h6-12,20,23H,5H2,1-4H3,(H2,28,34)(H,35,36)/t20?,23-/m0/s1. The molecule has 0 radical (unpaired) electrons. The van der Waals surface area contributed by atoms with Crippen molar-refractivity contribution in [2.24, 2.45) is 16.6 Å². The third-order valence-electron chi connectivity index (χ3n) is 6.84. The van der Waals surface area contributed by atoms with Crippen molar-refractivity contribution in [3.8, 4) is 16.1 Å². The van der Waals surface area contributed by atoms with Crippen LogP contribution < -0.4 is 5.73 Å². The number of fused-ring (bicyclic) bond motifs is 3. The van der Waals surface area contributed by atoms with Crippen LogP contribution in [0.2, 0.25) is 0 Å². The maximum absolute atomic E-state index is 12.2. The van der Waals surface area contributed by atoms with Crippen molar-refractivity contribution in [3.63, 3.8) is 0 Å². The van der Waals surface area contributed by atoms with Crippen LogP contribution in [0.25, 0.3) is 16.1 Å². The molecular formula is C27H26N6O3S. The van der Waals surface area contributed by atoms with Crippen molar-refractivity contribution in [3.05, 3.63) is 81.5 Å². The number of aliphatic carboxylic acids is 1. The van der Waals surface area contributed by atoms with E-state index in [2.05, 4.69) is 29.0 Å². The number of nitrogens with two attached hydrogens (primary N) is 1. The van der Waals surface area contributed by atoms with E-state index in [1.54, 1.807) is 23.6 Å². The fourth-order valence-electron chi connectivity index (χ4n) is 4.70. The molecule has 3 N–H and O–H groups in total. The minimum absolute atomic E-state index is 0.337. The van der Waals surface area contributed by atoms with Gasteiger partial charge in [-0.1, -0.05) is 31.2 Å². The SMILES string of the molecule is CCC(C(=O)O)[C@@H]1N=C(c2ccc(-c3cncc(C(N)=O)c3)cc2)c2c(sc(C)c2C)-n2c(C)nnc21. The van der Waals surface area contributed by atoms with Gasteiger partial charge in [-0.2, -0.15) is 0 Å². The Hall–Kier alpha value is -4.18. The van der Waals surface area contributed by atoms with Crippen LogP contribution in [0.5, 0.6) is 0 Å². The largest absolute Gasteiger partial charge is 0.481 e. The van der Waals surface area contributed by atoms with E-state index in [0.717, 1.165) is 43.4 Å². The van der Waals surface area contributed by atoms with Gasteiger partial charge >= 0.3 is 5.97 Å². The Morgan fingerprint density at radius 3 is 2.43 bits per heavy atom. The van der Waals surface area contributed by atoms with E-state index in [9.17, 15) is 14.7 Å². The van der Waals surface area contributed by atoms with Gasteiger partial charge in [0, 0.05) is 34.0 Å². The number of thiophene rings is 1. The smallest absolute Gasteiger partial charge is 0.309 e. The minimum atomic E-state index is -0.918. The summed E-state index contributed by atoms with van der Waals surface area (Å²) in [6, 6.07) is 8.80. The fourth-order valence-corrected chi connectivity index (χ4v) is 5.92. The minimum Gasteiger partial charge on any atom is -0.481 e. The van der Waals surface area contributed by atoms with E-state index in [4.69, 9.17) is 10.7 Å². The number of rotatable bonds is 6. The molecule has 37 heavy (non-hydrogen) atoms. The fraction of sp³-hybridized carbons (Fsp3) is 0.259. The molecule has 1 amide bonds. The average Bonchev–Trinajstić information content (AvgIpc) is 3.35. The number of aromatic nitrogens is 4. The molecular weight excluding hydrogens is 488 g/mol. The summed E-state index contributed by atoms with van der Waals surface area (Å²) >= 11 is 1.63. The first-order chi connectivity index (χ1) is 17.7. The monoisotopic (exact) mass is 514 g/mol. The van der Waals surface area contributed by atoms with Crippen molar-refractivity contribution in [2.75, 3.05) is 0 Å². The first kappa shape index (κ1) is 24.5. The number of nitrogens with zero attached hydrogens (tertiary/aromatic N) is 5. The predicted molar refractivity (Wildman–Crippen MR) is 141 cm³/mol. The number of carboxylic acid groups (broad SMARTS) is 1. The van der Waals surface area contributed by atoms with Crippen LogP contribution in [-0.4, -0.2) is 42.4 Å². The highest BCUT2D eigenvalue weighted by Crippen LogP contribution is 2.41. The Balaban J connectivity index is 1.69. The summed E-state index contributed by atoms with van der Waals surface area (Å²) in [6.07, 6.45) is 3.52. The number of primary amides is 1. The lowest BCUT2D eigenvalue weighted by atomic mass is 9.95. The molecule has 188 valence electrons. The molecule has 0 spiro atoms. The third-order valence-corrected chi connectivity index (χ3v) is 8.03. The molecule has 0 bridgehead atoms. The molecule has 1 aliphatic rings. The van der Waals surface area contributed by atoms with Crippen molar-refractivity contribution in [1.29, 1.82) is 0 Å². The quantitative estimate of drug-likeness (QED) is 0.391. The molecule has 9 nitrogen and oxygen atoms in total. The number of carbonyl (C=O) groups excluding carboxylic acids is 1. The van der Waals surface area contributed by atoms with Gasteiger partial charge < -0.3 is 10.8 Å². The summed E-state index contributed by atoms with van der Waals surface area (Å²) in [5.74, 6) is -0.980. The van der Waals surface area contributed by atoms with Crippen LogP contribution in [0.15, 0.2) is 47.7 Å². The molecule has 0 saturated heterocycles. The van der Waals surface area contributed by atoms with Gasteiger partial charge in [-0.3, -0.25) is 24.1 Å². The molecule has 0 fully saturated rings. The summed E-state index contributed by atoms with van der Waals surface area (Å²) < 4.78 is 1.96. The van der Waals surface area contributed by atoms with Crippen molar-refractivity contribution in [1.82, 2.24) is 19.7 Å². The summed E-state index contributed by atoms with van der Waals surface area (Å²) in [4.78, 5) is 34.2. The Labute approximate surface area is 217 Å². The van der Waals surface area contributed by atoms with Crippen LogP contribution >= 0.6 is 11.3 Å². The first-order valence-electron chi connectivity index (χ1n) is 11.9. The molecule has 5 rings (SSSR count). The van der Waals surface area contributed by atoms with Gasteiger partial charge in [0.05, 0.1) is 17.2 Å². The molecule has 3 aromatic heterocycles. The lowest BCUT2D eigenvalue weighted by Crippen LogP contribution is -2.23. The zero-order valence-electron chi connectivity index (χ0n) is 20.9. The normalized spacial score (nSPS) is 15.4. The number of amides is 1. The lowest BCUT2D eigenvalue weighted by Gasteiger charge is -2.19. The Kier molecular flexibility index (Phi) is 6.20. The zero-order valence-corrected chi connectivity index (χ0v) is 21.7. The topological polar surface area (TPSA) is 136 Å². The van der Waals surface area contributed by atoms with E-state index >= 15 is 0 Å². The second kappa shape index (κ2) is 9.36. The Morgan fingerprint density at radius 1 is 1.08 bits per heavy atom. The number of benzene rings is 1. The average molecular weight is 515 g/mol. The number of aliphatic imine (C=N–C) groups is 1. The molecule has 1 aliphatic heterocycles. The highest BCUT2D eigenvalue weighted by Gasteiger charge is 2.37. The van der Waals surface area contributed by atoms with Crippen molar-refractivity contribution >= 4 is 28.9 Å². The number of hydrogen-bond donors (Lipinski definition) is 2. The number of carboxylic acids is 1. The summed E-state index contributed by atoms with van der Waals surface area (Å²) in [5.41, 5.74) is 11.0. The maximum atomic E-state index is 12.2. The first-order valence-corrected chi connectivity index (χ1v) is 12.7. The summed E-state index contributed by atoms with van der Waals surface area (Å²) in [6.45, 7) is 7.85. The molecule has 0 aliphatic carbocycles. The highest BCUT2D eigenvalue weighted by molar-refractivity contribution is 7.15. The van der Waals surface area contributed by atoms with Gasteiger partial charge in [0.1, 0.15) is 16.9 Å². The van der Waals surface area contributed by atoms with Crippen LogP contribution in [0, 0.1) is 26.7 Å². The zero-order chi connectivity index (χ0) is 26.4. The molecule has 0 saturated carbocycles. The number of carbonyl (C=O) groups is 2. The van der Waals surface area contributed by atoms with E-state index in [1.807, 2.05) is 42.7 Å². The van der Waals surface area contributed by atoms with Gasteiger partial charge in [-0.25, -0.2) is 0 Å². The number of pyridine rings is 1. The van der Waals surface area contributed by atoms with Gasteiger partial charge in [0.25, 0.3) is 0 Å². The second-order valence-electron chi connectivity index (χ2n) is 9.08. The predicted octanol–water partition coefficient (Wildman–Crippen LogP) is 4.42. The van der Waals surface area contributed by atoms with Gasteiger partial charge in [-0.05, 0) is 44.4 Å². The van der Waals surface area contributed by atoms with Gasteiger partial charge in [-0.15, -0.1) is 21.5 Å². The van der Waals surface area contributed by atoms with Crippen molar-refractivity contribution in [2.45, 2.75) is 40.2 Å². The molecule has 1 aromatic carbocycles. The summed E-state index contributed by atoms with van der Waals surface area (Å²) in [7, 11) is 0. The number of hydrogen-bond acceptors (Lipinski definition) is 7. The molecule has 4 aromatic rings. The van der Waals surface area contributed by atoms with Crippen LogP contribution in [0.4, 0.5) is 0 Å². The summed E-state index contributed by atoms with van der Waals surface area (Å²) in [5, 5.41) is 19.7.